The number of aliphatic hydroxyl groups is 1. The van der Waals surface area contributed by atoms with Crippen LogP contribution in [0.2, 0.25) is 0 Å². The third-order valence-electron chi connectivity index (χ3n) is 0.357. The third-order valence-corrected chi connectivity index (χ3v) is 0.357. The van der Waals surface area contributed by atoms with Crippen molar-refractivity contribution in [3.8, 4) is 0 Å². The summed E-state index contributed by atoms with van der Waals surface area (Å²) in [4.78, 5) is 9.45. The van der Waals surface area contributed by atoms with Gasteiger partial charge in [-0.1, -0.05) is 0 Å². The molecule has 0 aliphatic carbocycles. The highest BCUT2D eigenvalue weighted by atomic mass is 16.4. The van der Waals surface area contributed by atoms with E-state index < -0.39 is 12.1 Å². The second kappa shape index (κ2) is 3.58. The van der Waals surface area contributed by atoms with Crippen molar-refractivity contribution < 1.29 is 15.0 Å². The van der Waals surface area contributed by atoms with Crippen LogP contribution >= 0.6 is 0 Å². The van der Waals surface area contributed by atoms with Crippen molar-refractivity contribution >= 4 is 5.97 Å². The summed E-state index contributed by atoms with van der Waals surface area (Å²) in [5.41, 5.74) is 0. The highest BCUT2D eigenvalue weighted by Crippen LogP contribution is 1.73. The third kappa shape index (κ3) is 5.39. The summed E-state index contributed by atoms with van der Waals surface area (Å²) in [5.74, 6) is -1.19. The summed E-state index contributed by atoms with van der Waals surface area (Å²) < 4.78 is 0. The highest BCUT2D eigenvalue weighted by Gasteiger charge is 2.01. The zero-order chi connectivity index (χ0) is 5.15. The Morgan fingerprint density at radius 3 is 1.86 bits per heavy atom. The lowest BCUT2D eigenvalue weighted by Crippen LogP contribution is -2.13. The van der Waals surface area contributed by atoms with E-state index in [2.05, 4.69) is 0 Å². The Labute approximate surface area is 41.4 Å². The van der Waals surface area contributed by atoms with Gasteiger partial charge in [-0.25, -0.2) is 4.79 Å². The van der Waals surface area contributed by atoms with Crippen molar-refractivity contribution in [2.45, 2.75) is 13.0 Å². The number of aliphatic carboxylic acids is 1. The van der Waals surface area contributed by atoms with Gasteiger partial charge in [-0.15, -0.1) is 0 Å². The largest absolute Gasteiger partial charge is 0.479 e. The second-order valence-electron chi connectivity index (χ2n) is 1.01. The lowest BCUT2D eigenvalue weighted by molar-refractivity contribution is -0.145. The molecule has 0 aromatic carbocycles. The Morgan fingerprint density at radius 2 is 1.86 bits per heavy atom. The second-order valence-corrected chi connectivity index (χ2v) is 1.01. The molecule has 0 fully saturated rings. The van der Waals surface area contributed by atoms with Gasteiger partial charge in [0.25, 0.3) is 0 Å². The van der Waals surface area contributed by atoms with Gasteiger partial charge in [0.1, 0.15) is 6.10 Å². The molecule has 0 saturated heterocycles. The maximum absolute atomic E-state index is 9.45. The standard InChI is InChI=1S/C3H6O3.H3N/c1-2(4)3(5)6;/h2,4H,1H3,(H,5,6);1H3/p+1/t2-;/m0./s1. The van der Waals surface area contributed by atoms with Crippen LogP contribution in [0.1, 0.15) is 6.92 Å². The quantitative estimate of drug-likeness (QED) is 0.435. The van der Waals surface area contributed by atoms with E-state index in [-0.39, 0.29) is 6.15 Å². The zero-order valence-corrected chi connectivity index (χ0v) is 4.38. The zero-order valence-electron chi connectivity index (χ0n) is 4.38. The van der Waals surface area contributed by atoms with Crippen LogP contribution < -0.4 is 6.15 Å². The van der Waals surface area contributed by atoms with E-state index in [9.17, 15) is 4.79 Å². The monoisotopic (exact) mass is 108 g/mol. The predicted octanol–water partition coefficient (Wildman–Crippen LogP) is -0.172. The Hall–Kier alpha value is -0.610. The van der Waals surface area contributed by atoms with E-state index in [0.717, 1.165) is 0 Å². The number of carboxylic acid groups (broad SMARTS) is 1. The van der Waals surface area contributed by atoms with Crippen LogP contribution in [0.3, 0.4) is 0 Å². The smallest absolute Gasteiger partial charge is 0.332 e. The Morgan fingerprint density at radius 1 is 1.71 bits per heavy atom. The minimum Gasteiger partial charge on any atom is -0.479 e. The molecule has 0 radical (unpaired) electrons. The van der Waals surface area contributed by atoms with E-state index in [1.54, 1.807) is 0 Å². The molecule has 0 unspecified atom stereocenters. The van der Waals surface area contributed by atoms with Crippen LogP contribution in [0.15, 0.2) is 0 Å². The van der Waals surface area contributed by atoms with Gasteiger partial charge in [-0.05, 0) is 6.92 Å². The fraction of sp³-hybridized carbons (Fsp3) is 0.667. The van der Waals surface area contributed by atoms with E-state index >= 15 is 0 Å². The number of quaternary nitrogens is 1. The molecule has 1 atom stereocenters. The molecule has 0 rings (SSSR count). The van der Waals surface area contributed by atoms with Crippen LogP contribution in [-0.2, 0) is 4.79 Å². The van der Waals surface area contributed by atoms with Crippen molar-refractivity contribution in [3.05, 3.63) is 0 Å². The molecule has 0 aliphatic rings. The van der Waals surface area contributed by atoms with Crippen LogP contribution in [0.5, 0.6) is 0 Å². The summed E-state index contributed by atoms with van der Waals surface area (Å²) >= 11 is 0. The van der Waals surface area contributed by atoms with Gasteiger partial charge in [0.15, 0.2) is 0 Å². The first kappa shape index (κ1) is 9.63. The van der Waals surface area contributed by atoms with Gasteiger partial charge in [0.2, 0.25) is 0 Å². The fourth-order valence-electron chi connectivity index (χ4n) is 0. The minimum atomic E-state index is -1.23. The summed E-state index contributed by atoms with van der Waals surface area (Å²) in [6.07, 6.45) is -1.23. The number of carboxylic acids is 1. The molecule has 0 spiro atoms. The average Bonchev–Trinajstić information content (AvgIpc) is 1.36. The average molecular weight is 108 g/mol. The molecule has 4 heteroatoms. The first-order chi connectivity index (χ1) is 2.64. The molecule has 4 nitrogen and oxygen atoms in total. The maximum Gasteiger partial charge on any atom is 0.332 e. The number of rotatable bonds is 1. The van der Waals surface area contributed by atoms with Gasteiger partial charge in [-0.2, -0.15) is 0 Å². The lowest BCUT2D eigenvalue weighted by Gasteiger charge is -1.89. The summed E-state index contributed by atoms with van der Waals surface area (Å²) in [7, 11) is 0. The molecule has 0 amide bonds. The molecular formula is C3H10NO3+. The first-order valence-corrected chi connectivity index (χ1v) is 1.55. The van der Waals surface area contributed by atoms with Crippen LogP contribution in [0, 0.1) is 0 Å². The molecule has 0 bridgehead atoms. The fourth-order valence-corrected chi connectivity index (χ4v) is 0. The minimum absolute atomic E-state index is 0. The van der Waals surface area contributed by atoms with Crippen molar-refractivity contribution in [1.82, 2.24) is 6.15 Å². The van der Waals surface area contributed by atoms with Crippen LogP contribution in [0.25, 0.3) is 0 Å². The Balaban J connectivity index is 0. The Bertz CT molecular complexity index is 61.2. The van der Waals surface area contributed by atoms with Gasteiger partial charge in [0, 0.05) is 0 Å². The Kier molecular flexibility index (Phi) is 4.92. The topological polar surface area (TPSA) is 94.0 Å². The van der Waals surface area contributed by atoms with Crippen molar-refractivity contribution in [2.24, 2.45) is 0 Å². The predicted molar refractivity (Wildman–Crippen MR) is 25.3 cm³/mol. The summed E-state index contributed by atoms with van der Waals surface area (Å²) in [5, 5.41) is 15.8. The molecule has 7 heavy (non-hydrogen) atoms. The van der Waals surface area contributed by atoms with Crippen LogP contribution in [-0.4, -0.2) is 22.3 Å². The van der Waals surface area contributed by atoms with Gasteiger partial charge in [-0.3, -0.25) is 0 Å². The van der Waals surface area contributed by atoms with E-state index in [4.69, 9.17) is 10.2 Å². The molecule has 0 saturated carbocycles. The number of hydrogen-bond acceptors (Lipinski definition) is 2. The van der Waals surface area contributed by atoms with E-state index in [0.29, 0.717) is 0 Å². The molecule has 0 heterocycles. The van der Waals surface area contributed by atoms with Crippen molar-refractivity contribution in [1.29, 1.82) is 0 Å². The maximum atomic E-state index is 9.45. The molecule has 6 N–H and O–H groups in total. The molecular weight excluding hydrogens is 98.0 g/mol. The van der Waals surface area contributed by atoms with Gasteiger partial charge >= 0.3 is 5.97 Å². The molecule has 0 aromatic rings. The van der Waals surface area contributed by atoms with Gasteiger partial charge < -0.3 is 16.4 Å². The highest BCUT2D eigenvalue weighted by molar-refractivity contribution is 5.71. The number of carbonyl (C=O) groups is 1. The normalized spacial score (nSPS) is 11.7. The summed E-state index contributed by atoms with van der Waals surface area (Å²) in [6.45, 7) is 1.20. The van der Waals surface area contributed by atoms with E-state index in [1.165, 1.54) is 6.92 Å². The molecule has 44 valence electrons. The van der Waals surface area contributed by atoms with E-state index in [1.807, 2.05) is 0 Å². The SMILES string of the molecule is C[C@H](O)C(=O)O.[NH4+]. The van der Waals surface area contributed by atoms with Crippen molar-refractivity contribution in [3.63, 3.8) is 0 Å². The van der Waals surface area contributed by atoms with Crippen LogP contribution in [0.4, 0.5) is 0 Å². The summed E-state index contributed by atoms with van der Waals surface area (Å²) in [6, 6.07) is 0. The number of aliphatic hydroxyl groups excluding tert-OH is 1. The number of hydrogen-bond donors (Lipinski definition) is 3. The first-order valence-electron chi connectivity index (χ1n) is 1.55. The molecule has 0 aliphatic heterocycles. The van der Waals surface area contributed by atoms with Gasteiger partial charge in [0.05, 0.1) is 0 Å². The lowest BCUT2D eigenvalue weighted by atomic mass is 10.4. The van der Waals surface area contributed by atoms with Crippen molar-refractivity contribution in [2.75, 3.05) is 0 Å². The molecule has 0 aromatic heterocycles.